The van der Waals surface area contributed by atoms with Crippen LogP contribution in [0.2, 0.25) is 0 Å². The van der Waals surface area contributed by atoms with Crippen molar-refractivity contribution in [1.82, 2.24) is 0 Å². The first-order chi connectivity index (χ1) is 7.71. The zero-order chi connectivity index (χ0) is 12.0. The fourth-order valence-corrected chi connectivity index (χ4v) is 1.25. The zero-order valence-electron chi connectivity index (χ0n) is 9.40. The minimum absolute atomic E-state index is 0.381. The van der Waals surface area contributed by atoms with Crippen LogP contribution >= 0.6 is 0 Å². The van der Waals surface area contributed by atoms with Crippen LogP contribution in [-0.4, -0.2) is 19.2 Å². The second kappa shape index (κ2) is 5.82. The average molecular weight is 218 g/mol. The molecule has 0 aliphatic heterocycles. The first-order valence-corrected chi connectivity index (χ1v) is 5.02. The number of carbonyl (C=O) groups is 1. The molecule has 84 valence electrons. The summed E-state index contributed by atoms with van der Waals surface area (Å²) in [5, 5.41) is 0. The Morgan fingerprint density at radius 3 is 2.88 bits per heavy atom. The Kier molecular flexibility index (Phi) is 4.41. The van der Waals surface area contributed by atoms with Gasteiger partial charge in [-0.2, -0.15) is 0 Å². The van der Waals surface area contributed by atoms with Crippen LogP contribution in [0.25, 0.3) is 0 Å². The van der Waals surface area contributed by atoms with E-state index >= 15 is 0 Å². The standard InChI is InChI=1S/C13H14O3/c1-4-10-7-6-8-11(9-10)16-12(5-2)13(14)15-3/h1,6-9,12H,5H2,2-3H3. The Bertz CT molecular complexity index is 404. The Balaban J connectivity index is 2.78. The molecule has 1 rings (SSSR count). The highest BCUT2D eigenvalue weighted by Gasteiger charge is 2.18. The lowest BCUT2D eigenvalue weighted by atomic mass is 10.2. The Morgan fingerprint density at radius 1 is 1.56 bits per heavy atom. The summed E-state index contributed by atoms with van der Waals surface area (Å²) in [6.07, 6.45) is 5.23. The summed E-state index contributed by atoms with van der Waals surface area (Å²) in [5.74, 6) is 2.70. The number of terminal acetylenes is 1. The molecule has 0 aliphatic rings. The molecule has 0 aromatic heterocycles. The molecule has 0 aliphatic carbocycles. The van der Waals surface area contributed by atoms with Gasteiger partial charge in [-0.25, -0.2) is 4.79 Å². The number of hydrogen-bond donors (Lipinski definition) is 0. The van der Waals surface area contributed by atoms with Crippen molar-refractivity contribution in [2.45, 2.75) is 19.4 Å². The fourth-order valence-electron chi connectivity index (χ4n) is 1.25. The van der Waals surface area contributed by atoms with Crippen LogP contribution in [0.1, 0.15) is 18.9 Å². The maximum atomic E-state index is 11.3. The van der Waals surface area contributed by atoms with E-state index in [-0.39, 0.29) is 5.97 Å². The van der Waals surface area contributed by atoms with Crippen LogP contribution < -0.4 is 4.74 Å². The van der Waals surface area contributed by atoms with Crippen molar-refractivity contribution in [2.24, 2.45) is 0 Å². The molecular formula is C13H14O3. The van der Waals surface area contributed by atoms with Gasteiger partial charge in [-0.15, -0.1) is 6.42 Å². The molecule has 0 heterocycles. The molecule has 3 heteroatoms. The van der Waals surface area contributed by atoms with Crippen molar-refractivity contribution in [1.29, 1.82) is 0 Å². The molecule has 0 amide bonds. The van der Waals surface area contributed by atoms with E-state index in [9.17, 15) is 4.79 Å². The first-order valence-electron chi connectivity index (χ1n) is 5.02. The fraction of sp³-hybridized carbons (Fsp3) is 0.308. The van der Waals surface area contributed by atoms with E-state index in [1.165, 1.54) is 7.11 Å². The SMILES string of the molecule is C#Cc1cccc(OC(CC)C(=O)OC)c1. The maximum absolute atomic E-state index is 11.3. The monoisotopic (exact) mass is 218 g/mol. The van der Waals surface area contributed by atoms with Crippen molar-refractivity contribution >= 4 is 5.97 Å². The summed E-state index contributed by atoms with van der Waals surface area (Å²) in [6.45, 7) is 1.85. The molecule has 0 N–H and O–H groups in total. The zero-order valence-corrected chi connectivity index (χ0v) is 9.40. The van der Waals surface area contributed by atoms with E-state index in [4.69, 9.17) is 11.2 Å². The van der Waals surface area contributed by atoms with Crippen molar-refractivity contribution in [2.75, 3.05) is 7.11 Å². The van der Waals surface area contributed by atoms with Crippen LogP contribution in [0, 0.1) is 12.3 Å². The van der Waals surface area contributed by atoms with E-state index in [1.54, 1.807) is 24.3 Å². The number of hydrogen-bond acceptors (Lipinski definition) is 3. The minimum Gasteiger partial charge on any atom is -0.479 e. The largest absolute Gasteiger partial charge is 0.479 e. The predicted octanol–water partition coefficient (Wildman–Crippen LogP) is 2.00. The van der Waals surface area contributed by atoms with Gasteiger partial charge in [0.05, 0.1) is 7.11 Å². The predicted molar refractivity (Wildman–Crippen MR) is 61.1 cm³/mol. The van der Waals surface area contributed by atoms with Gasteiger partial charge in [0.25, 0.3) is 0 Å². The topological polar surface area (TPSA) is 35.5 Å². The summed E-state index contributed by atoms with van der Waals surface area (Å²) in [6, 6.07) is 7.05. The highest BCUT2D eigenvalue weighted by molar-refractivity contribution is 5.74. The van der Waals surface area contributed by atoms with Crippen molar-refractivity contribution in [3.05, 3.63) is 29.8 Å². The molecule has 0 fully saturated rings. The van der Waals surface area contributed by atoms with Gasteiger partial charge in [-0.05, 0) is 24.6 Å². The summed E-state index contributed by atoms with van der Waals surface area (Å²) < 4.78 is 10.1. The lowest BCUT2D eigenvalue weighted by molar-refractivity contribution is -0.148. The van der Waals surface area contributed by atoms with Crippen molar-refractivity contribution in [3.8, 4) is 18.1 Å². The number of carbonyl (C=O) groups excluding carboxylic acids is 1. The van der Waals surface area contributed by atoms with Crippen LogP contribution in [0.4, 0.5) is 0 Å². The highest BCUT2D eigenvalue weighted by Crippen LogP contribution is 2.15. The van der Waals surface area contributed by atoms with E-state index < -0.39 is 6.10 Å². The number of ether oxygens (including phenoxy) is 2. The number of rotatable bonds is 4. The van der Waals surface area contributed by atoms with Crippen LogP contribution in [0.3, 0.4) is 0 Å². The molecule has 1 atom stereocenters. The Morgan fingerprint density at radius 2 is 2.31 bits per heavy atom. The minimum atomic E-state index is -0.585. The Hall–Kier alpha value is -1.95. The molecule has 3 nitrogen and oxygen atoms in total. The third kappa shape index (κ3) is 3.03. The molecule has 0 saturated heterocycles. The van der Waals surface area contributed by atoms with E-state index in [2.05, 4.69) is 10.7 Å². The number of methoxy groups -OCH3 is 1. The van der Waals surface area contributed by atoms with Crippen molar-refractivity contribution < 1.29 is 14.3 Å². The lowest BCUT2D eigenvalue weighted by Gasteiger charge is -2.15. The quantitative estimate of drug-likeness (QED) is 0.572. The van der Waals surface area contributed by atoms with Gasteiger partial charge in [0.1, 0.15) is 5.75 Å². The third-order valence-electron chi connectivity index (χ3n) is 2.11. The van der Waals surface area contributed by atoms with Gasteiger partial charge in [-0.1, -0.05) is 18.9 Å². The van der Waals surface area contributed by atoms with E-state index in [1.807, 2.05) is 6.92 Å². The van der Waals surface area contributed by atoms with Crippen LogP contribution in [0.15, 0.2) is 24.3 Å². The normalized spacial score (nSPS) is 11.3. The molecule has 1 aromatic rings. The number of benzene rings is 1. The molecule has 0 saturated carbocycles. The van der Waals surface area contributed by atoms with Gasteiger partial charge in [0.2, 0.25) is 0 Å². The van der Waals surface area contributed by atoms with E-state index in [0.29, 0.717) is 12.2 Å². The maximum Gasteiger partial charge on any atom is 0.347 e. The lowest BCUT2D eigenvalue weighted by Crippen LogP contribution is -2.27. The van der Waals surface area contributed by atoms with Crippen LogP contribution in [0.5, 0.6) is 5.75 Å². The third-order valence-corrected chi connectivity index (χ3v) is 2.11. The van der Waals surface area contributed by atoms with Gasteiger partial charge in [0, 0.05) is 5.56 Å². The smallest absolute Gasteiger partial charge is 0.347 e. The summed E-state index contributed by atoms with van der Waals surface area (Å²) in [4.78, 5) is 11.3. The molecule has 1 unspecified atom stereocenters. The second-order valence-corrected chi connectivity index (χ2v) is 3.21. The summed E-state index contributed by atoms with van der Waals surface area (Å²) in [7, 11) is 1.34. The summed E-state index contributed by atoms with van der Waals surface area (Å²) >= 11 is 0. The number of esters is 1. The average Bonchev–Trinajstić information content (AvgIpc) is 2.35. The molecule has 0 radical (unpaired) electrons. The molecule has 1 aromatic carbocycles. The van der Waals surface area contributed by atoms with Crippen LogP contribution in [-0.2, 0) is 9.53 Å². The molecule has 0 spiro atoms. The molecular weight excluding hydrogens is 204 g/mol. The van der Waals surface area contributed by atoms with Crippen molar-refractivity contribution in [3.63, 3.8) is 0 Å². The first kappa shape index (κ1) is 12.1. The highest BCUT2D eigenvalue weighted by atomic mass is 16.6. The van der Waals surface area contributed by atoms with Gasteiger partial charge in [0.15, 0.2) is 6.10 Å². The summed E-state index contributed by atoms with van der Waals surface area (Å²) in [5.41, 5.74) is 0.720. The van der Waals surface area contributed by atoms with Gasteiger partial charge < -0.3 is 9.47 Å². The second-order valence-electron chi connectivity index (χ2n) is 3.21. The Labute approximate surface area is 95.4 Å². The van der Waals surface area contributed by atoms with Gasteiger partial charge >= 0.3 is 5.97 Å². The molecule has 16 heavy (non-hydrogen) atoms. The van der Waals surface area contributed by atoms with Gasteiger partial charge in [-0.3, -0.25) is 0 Å². The molecule has 0 bridgehead atoms. The van der Waals surface area contributed by atoms with E-state index in [0.717, 1.165) is 5.56 Å².